The van der Waals surface area contributed by atoms with Gasteiger partial charge in [-0.2, -0.15) is 0 Å². The average molecular weight is 1060 g/mol. The molecule has 0 heterocycles. The minimum Gasteiger partial charge on any atom is -0.366 e. The summed E-state index contributed by atoms with van der Waals surface area (Å²) < 4.78 is 0. The van der Waals surface area contributed by atoms with Crippen molar-refractivity contribution < 1.29 is 44.8 Å². The molecule has 0 N–H and O–H groups in total. The van der Waals surface area contributed by atoms with E-state index in [4.69, 9.17) is 12.8 Å². The fourth-order valence-electron chi connectivity index (χ4n) is 8.03. The van der Waals surface area contributed by atoms with Gasteiger partial charge in [-0.1, -0.05) is 205 Å². The third-order valence-electron chi connectivity index (χ3n) is 11.1. The van der Waals surface area contributed by atoms with Crippen LogP contribution in [0, 0.1) is 24.7 Å². The van der Waals surface area contributed by atoms with Crippen LogP contribution in [0.1, 0.15) is 11.1 Å². The number of benzene rings is 10. The molecule has 0 amide bonds. The number of fused-ring (bicyclic) bond motifs is 2. The summed E-state index contributed by atoms with van der Waals surface area (Å²) in [5.74, 6) is 6.24. The number of hydrogen-bond acceptors (Lipinski definition) is 0. The Hall–Kier alpha value is -5.82. The SMILES string of the molecule is [Ag+].[Ag+].[C-]#Cc1ccc(-c2ccccc2)c2ccccc12.[C-]#Cc1ccc(-c2ccccc2)c2ccccc12.c1ccc([PH+](C[PH+](c2ccccc2)c2ccccc2)c2ccccc2)cc1. The Morgan fingerprint density at radius 1 is 0.277 bits per heavy atom. The van der Waals surface area contributed by atoms with Gasteiger partial charge in [-0.25, -0.2) is 0 Å². The van der Waals surface area contributed by atoms with Gasteiger partial charge in [-0.15, -0.1) is 23.3 Å². The summed E-state index contributed by atoms with van der Waals surface area (Å²) in [6, 6.07) is 89.5. The van der Waals surface area contributed by atoms with Crippen LogP contribution in [0.4, 0.5) is 0 Å². The van der Waals surface area contributed by atoms with E-state index >= 15 is 0 Å². The van der Waals surface area contributed by atoms with Crippen molar-refractivity contribution in [2.45, 2.75) is 0 Å². The van der Waals surface area contributed by atoms with Crippen LogP contribution in [0.2, 0.25) is 0 Å². The molecule has 4 heteroatoms. The minimum absolute atomic E-state index is 0. The summed E-state index contributed by atoms with van der Waals surface area (Å²) in [6.45, 7) is 0. The van der Waals surface area contributed by atoms with Gasteiger partial charge in [0.1, 0.15) is 37.1 Å². The van der Waals surface area contributed by atoms with Crippen LogP contribution in [0.3, 0.4) is 0 Å². The molecule has 0 saturated carbocycles. The molecule has 0 aliphatic rings. The summed E-state index contributed by atoms with van der Waals surface area (Å²) in [6.07, 6.45) is 14.7. The summed E-state index contributed by atoms with van der Waals surface area (Å²) in [7, 11) is -1.69. The van der Waals surface area contributed by atoms with Crippen molar-refractivity contribution in [2.75, 3.05) is 5.90 Å². The van der Waals surface area contributed by atoms with E-state index < -0.39 is 15.8 Å². The van der Waals surface area contributed by atoms with E-state index in [0.29, 0.717) is 0 Å². The van der Waals surface area contributed by atoms with Crippen molar-refractivity contribution >= 4 is 58.6 Å². The molecule has 10 rings (SSSR count). The molecule has 0 spiro atoms. The van der Waals surface area contributed by atoms with Gasteiger partial charge in [0, 0.05) is 0 Å². The predicted octanol–water partition coefficient (Wildman–Crippen LogP) is 13.6. The van der Waals surface area contributed by atoms with Crippen LogP contribution < -0.4 is 21.2 Å². The Balaban J connectivity index is 0.000000164. The molecule has 0 aliphatic heterocycles. The van der Waals surface area contributed by atoms with Crippen molar-refractivity contribution in [3.05, 3.63) is 279 Å². The van der Waals surface area contributed by atoms with Crippen molar-refractivity contribution in [1.82, 2.24) is 0 Å². The zero-order valence-corrected chi connectivity index (χ0v) is 40.5. The summed E-state index contributed by atoms with van der Waals surface area (Å²) in [4.78, 5) is 0. The molecule has 0 nitrogen and oxygen atoms in total. The maximum Gasteiger partial charge on any atom is 1.00 e. The smallest absolute Gasteiger partial charge is 0.366 e. The summed E-state index contributed by atoms with van der Waals surface area (Å²) >= 11 is 0. The molecular formula is C61H46Ag2P2+2. The second-order valence-corrected chi connectivity index (χ2v) is 20.6. The Morgan fingerprint density at radius 2 is 0.523 bits per heavy atom. The fraction of sp³-hybridized carbons (Fsp3) is 0.0164. The van der Waals surface area contributed by atoms with Crippen molar-refractivity contribution in [1.29, 1.82) is 0 Å². The van der Waals surface area contributed by atoms with Crippen LogP contribution >= 0.6 is 15.8 Å². The monoisotopic (exact) mass is 1050 g/mol. The Morgan fingerprint density at radius 3 is 0.800 bits per heavy atom. The first kappa shape index (κ1) is 48.6. The maximum atomic E-state index is 7.35. The maximum absolute atomic E-state index is 7.35. The van der Waals surface area contributed by atoms with E-state index in [1.807, 2.05) is 84.9 Å². The van der Waals surface area contributed by atoms with E-state index in [0.717, 1.165) is 21.9 Å². The number of rotatable bonds is 8. The predicted molar refractivity (Wildman–Crippen MR) is 277 cm³/mol. The fourth-order valence-corrected chi connectivity index (χ4v) is 15.8. The second kappa shape index (κ2) is 25.0. The molecule has 320 valence electrons. The van der Waals surface area contributed by atoms with Gasteiger partial charge in [0.05, 0.1) is 0 Å². The zero-order chi connectivity index (χ0) is 43.1. The average Bonchev–Trinajstić information content (AvgIpc) is 3.38. The molecule has 0 atom stereocenters. The van der Waals surface area contributed by atoms with E-state index in [2.05, 4.69) is 182 Å². The van der Waals surface area contributed by atoms with Gasteiger partial charge in [-0.3, -0.25) is 11.8 Å². The molecule has 0 bridgehead atoms. The van der Waals surface area contributed by atoms with Crippen LogP contribution in [-0.4, -0.2) is 5.90 Å². The normalized spacial score (nSPS) is 10.2. The molecular weight excluding hydrogens is 1010 g/mol. The second-order valence-electron chi connectivity index (χ2n) is 15.0. The van der Waals surface area contributed by atoms with Crippen LogP contribution in [0.25, 0.3) is 43.8 Å². The topological polar surface area (TPSA) is 0 Å². The third-order valence-corrected chi connectivity index (χ3v) is 18.1. The van der Waals surface area contributed by atoms with Crippen LogP contribution in [-0.2, 0) is 44.8 Å². The summed E-state index contributed by atoms with van der Waals surface area (Å²) in [5.41, 5.74) is 6.47. The van der Waals surface area contributed by atoms with Crippen molar-refractivity contribution in [3.63, 3.8) is 0 Å². The number of hydrogen-bond donors (Lipinski definition) is 0. The molecule has 10 aromatic rings. The molecule has 0 radical (unpaired) electrons. The largest absolute Gasteiger partial charge is 1.00 e. The van der Waals surface area contributed by atoms with E-state index in [9.17, 15) is 0 Å². The van der Waals surface area contributed by atoms with Crippen LogP contribution in [0.5, 0.6) is 0 Å². The first-order chi connectivity index (χ1) is 31.2. The Bertz CT molecular complexity index is 2800. The van der Waals surface area contributed by atoms with Crippen molar-refractivity contribution in [2.24, 2.45) is 0 Å². The zero-order valence-electron chi connectivity index (χ0n) is 35.6. The van der Waals surface area contributed by atoms with Gasteiger partial charge >= 0.3 is 44.8 Å². The van der Waals surface area contributed by atoms with Crippen molar-refractivity contribution in [3.8, 4) is 34.1 Å². The molecule has 0 saturated heterocycles. The van der Waals surface area contributed by atoms with Gasteiger partial charge in [-0.05, 0) is 81.6 Å². The van der Waals surface area contributed by atoms with Gasteiger partial charge in [0.25, 0.3) is 0 Å². The first-order valence-electron chi connectivity index (χ1n) is 21.1. The third kappa shape index (κ3) is 12.3. The molecule has 0 aromatic heterocycles. The molecule has 65 heavy (non-hydrogen) atoms. The van der Waals surface area contributed by atoms with Crippen LogP contribution in [0.15, 0.2) is 255 Å². The van der Waals surface area contributed by atoms with Gasteiger partial charge < -0.3 is 12.8 Å². The molecule has 10 aromatic carbocycles. The molecule has 0 aliphatic carbocycles. The Labute approximate surface area is 418 Å². The van der Waals surface area contributed by atoms with E-state index in [1.54, 1.807) is 0 Å². The molecule has 0 unspecified atom stereocenters. The Kier molecular flexibility index (Phi) is 18.7. The standard InChI is InChI=1S/C25H22P2.2C18H11.2Ag/c1-5-13-22(14-6-1)26(23-15-7-2-8-16-23)21-27(24-17-9-3-10-18-24)25-19-11-4-12-20-25;2*1-2-14-12-13-17(15-8-4-3-5-9-15)18-11-7-6-10-16(14)18;;/h1-20H,21H2;2*3-13H;;/q;2*-1;2*+1/p+2. The molecule has 0 fully saturated rings. The van der Waals surface area contributed by atoms with E-state index in [1.165, 1.54) is 60.1 Å². The van der Waals surface area contributed by atoms with Gasteiger partial charge in [0.2, 0.25) is 0 Å². The first-order valence-corrected chi connectivity index (χ1v) is 24.6. The minimum atomic E-state index is -0.847. The van der Waals surface area contributed by atoms with E-state index in [-0.39, 0.29) is 44.8 Å². The summed E-state index contributed by atoms with van der Waals surface area (Å²) in [5, 5.41) is 10.5. The van der Waals surface area contributed by atoms with Gasteiger partial charge in [0.15, 0.2) is 5.90 Å². The quantitative estimate of drug-likeness (QED) is 0.0616.